The summed E-state index contributed by atoms with van der Waals surface area (Å²) in [7, 11) is 0. The number of nitrogens with zero attached hydrogens (tertiary/aromatic N) is 3. The van der Waals surface area contributed by atoms with Gasteiger partial charge in [0.2, 0.25) is 5.82 Å². The van der Waals surface area contributed by atoms with Gasteiger partial charge in [-0.3, -0.25) is 4.79 Å². The number of terminal acetylenes is 1. The van der Waals surface area contributed by atoms with Crippen LogP contribution in [0.4, 0.5) is 0 Å². The van der Waals surface area contributed by atoms with Gasteiger partial charge in [0, 0.05) is 15.4 Å². The molecule has 0 N–H and O–H groups in total. The molecule has 0 bridgehead atoms. The van der Waals surface area contributed by atoms with Crippen molar-refractivity contribution in [1.82, 2.24) is 9.66 Å². The summed E-state index contributed by atoms with van der Waals surface area (Å²) in [6.07, 6.45) is 6.91. The molecule has 0 radical (unpaired) electrons. The number of hydrogen-bond donors (Lipinski definition) is 0. The molecule has 0 atom stereocenters. The molecule has 0 unspecified atom stereocenters. The fraction of sp³-hybridized carbons (Fsp3) is 0.107. The van der Waals surface area contributed by atoms with E-state index in [-0.39, 0.29) is 18.0 Å². The van der Waals surface area contributed by atoms with Gasteiger partial charge in [0.1, 0.15) is 12.2 Å². The molecule has 9 heteroatoms. The first kappa shape index (κ1) is 24.8. The van der Waals surface area contributed by atoms with Crippen molar-refractivity contribution in [3.05, 3.63) is 85.5 Å². The summed E-state index contributed by atoms with van der Waals surface area (Å²) in [5, 5.41) is 5.88. The molecule has 2 heterocycles. The quantitative estimate of drug-likeness (QED) is 0.151. The Morgan fingerprint density at radius 1 is 1.11 bits per heavy atom. The van der Waals surface area contributed by atoms with Gasteiger partial charge >= 0.3 is 0 Å². The molecule has 0 saturated heterocycles. The zero-order chi connectivity index (χ0) is 25.9. The summed E-state index contributed by atoms with van der Waals surface area (Å²) < 4.78 is 20.0. The smallest absolute Gasteiger partial charge is 0.282 e. The molecule has 0 aliphatic heterocycles. The second kappa shape index (κ2) is 10.6. The van der Waals surface area contributed by atoms with Crippen LogP contribution in [-0.2, 0) is 0 Å². The fourth-order valence-electron chi connectivity index (χ4n) is 3.81. The highest BCUT2D eigenvalue weighted by atomic mass is 79.9. The number of halogens is 2. The number of aromatic nitrogens is 2. The van der Waals surface area contributed by atoms with E-state index in [2.05, 4.69) is 42.9 Å². The SMILES string of the molecule is C#CCOc1c(OCC)cc(C=Nn2c(-c3cc4ccccc4o3)nc3ccccc3c2=O)c(Br)c1Br. The average molecular weight is 621 g/mol. The Hall–Kier alpha value is -3.87. The minimum absolute atomic E-state index is 0.0809. The first-order valence-electron chi connectivity index (χ1n) is 11.3. The number of ether oxygens (including phenoxy) is 2. The predicted octanol–water partition coefficient (Wildman–Crippen LogP) is 6.63. The van der Waals surface area contributed by atoms with E-state index >= 15 is 0 Å². The van der Waals surface area contributed by atoms with E-state index in [9.17, 15) is 4.79 Å². The molecule has 5 rings (SSSR count). The molecular formula is C28H19Br2N3O4. The Morgan fingerprint density at radius 3 is 2.68 bits per heavy atom. The molecule has 0 fully saturated rings. The Kier molecular flexibility index (Phi) is 7.12. The van der Waals surface area contributed by atoms with Crippen molar-refractivity contribution in [3.63, 3.8) is 0 Å². The monoisotopic (exact) mass is 619 g/mol. The van der Waals surface area contributed by atoms with Gasteiger partial charge in [-0.15, -0.1) is 6.42 Å². The molecule has 3 aromatic carbocycles. The maximum absolute atomic E-state index is 13.5. The van der Waals surface area contributed by atoms with Crippen LogP contribution in [0.3, 0.4) is 0 Å². The van der Waals surface area contributed by atoms with Crippen LogP contribution in [0.1, 0.15) is 12.5 Å². The second-order valence-electron chi connectivity index (χ2n) is 7.81. The molecule has 0 saturated carbocycles. The summed E-state index contributed by atoms with van der Waals surface area (Å²) >= 11 is 7.13. The highest BCUT2D eigenvalue weighted by Crippen LogP contribution is 2.42. The van der Waals surface area contributed by atoms with Crippen LogP contribution in [0.5, 0.6) is 11.5 Å². The van der Waals surface area contributed by atoms with Crippen molar-refractivity contribution >= 4 is 59.9 Å². The molecule has 0 aliphatic carbocycles. The van der Waals surface area contributed by atoms with Crippen LogP contribution in [0.25, 0.3) is 33.5 Å². The van der Waals surface area contributed by atoms with E-state index < -0.39 is 0 Å². The van der Waals surface area contributed by atoms with Gasteiger partial charge in [-0.05, 0) is 69.1 Å². The fourth-order valence-corrected chi connectivity index (χ4v) is 4.75. The van der Waals surface area contributed by atoms with Crippen molar-refractivity contribution in [3.8, 4) is 35.4 Å². The van der Waals surface area contributed by atoms with E-state index in [0.29, 0.717) is 54.9 Å². The lowest BCUT2D eigenvalue weighted by Crippen LogP contribution is -2.20. The Balaban J connectivity index is 1.68. The topological polar surface area (TPSA) is 78.8 Å². The van der Waals surface area contributed by atoms with E-state index in [1.807, 2.05) is 43.3 Å². The van der Waals surface area contributed by atoms with Crippen LogP contribution in [-0.4, -0.2) is 29.1 Å². The van der Waals surface area contributed by atoms with Crippen molar-refractivity contribution in [1.29, 1.82) is 0 Å². The standard InChI is InChI=1S/C28H19Br2N3O4/c1-3-13-36-26-22(35-4-2)15-18(24(29)25(26)30)16-31-33-27(23-14-17-9-5-8-12-21(17)37-23)32-20-11-7-6-10-19(20)28(33)34/h1,5-12,14-16H,4,13H2,2H3. The number of fused-ring (bicyclic) bond motifs is 2. The third kappa shape index (κ3) is 4.78. The average Bonchev–Trinajstić information content (AvgIpc) is 3.35. The van der Waals surface area contributed by atoms with Gasteiger partial charge in [0.15, 0.2) is 17.3 Å². The molecule has 0 amide bonds. The number of rotatable bonds is 7. The third-order valence-electron chi connectivity index (χ3n) is 5.47. The van der Waals surface area contributed by atoms with Crippen molar-refractivity contribution < 1.29 is 13.9 Å². The Labute approximate surface area is 229 Å². The maximum atomic E-state index is 13.5. The van der Waals surface area contributed by atoms with E-state index in [1.165, 1.54) is 4.68 Å². The summed E-state index contributed by atoms with van der Waals surface area (Å²) in [6.45, 7) is 2.37. The zero-order valence-corrected chi connectivity index (χ0v) is 22.7. The van der Waals surface area contributed by atoms with Gasteiger partial charge in [-0.1, -0.05) is 36.3 Å². The summed E-state index contributed by atoms with van der Waals surface area (Å²) in [4.78, 5) is 18.3. The van der Waals surface area contributed by atoms with Gasteiger partial charge < -0.3 is 13.9 Å². The van der Waals surface area contributed by atoms with Gasteiger partial charge in [0.25, 0.3) is 5.56 Å². The molecule has 5 aromatic rings. The highest BCUT2D eigenvalue weighted by Gasteiger charge is 2.19. The third-order valence-corrected chi connectivity index (χ3v) is 7.61. The first-order chi connectivity index (χ1) is 18.0. The molecular weight excluding hydrogens is 602 g/mol. The lowest BCUT2D eigenvalue weighted by atomic mass is 10.2. The molecule has 0 spiro atoms. The molecule has 0 aliphatic rings. The van der Waals surface area contributed by atoms with Crippen molar-refractivity contribution in [2.45, 2.75) is 6.92 Å². The zero-order valence-electron chi connectivity index (χ0n) is 19.6. The number of benzene rings is 3. The first-order valence-corrected chi connectivity index (χ1v) is 12.9. The number of furan rings is 1. The normalized spacial score (nSPS) is 11.3. The van der Waals surface area contributed by atoms with Crippen LogP contribution in [0.2, 0.25) is 0 Å². The van der Waals surface area contributed by atoms with E-state index in [1.54, 1.807) is 30.5 Å². The highest BCUT2D eigenvalue weighted by molar-refractivity contribution is 9.13. The number of para-hydroxylation sites is 2. The molecule has 37 heavy (non-hydrogen) atoms. The van der Waals surface area contributed by atoms with Gasteiger partial charge in [0.05, 0.1) is 28.2 Å². The predicted molar refractivity (Wildman–Crippen MR) is 152 cm³/mol. The Morgan fingerprint density at radius 2 is 1.89 bits per heavy atom. The summed E-state index contributed by atoms with van der Waals surface area (Å²) in [5.41, 5.74) is 1.54. The number of hydrogen-bond acceptors (Lipinski definition) is 6. The van der Waals surface area contributed by atoms with E-state index in [4.69, 9.17) is 25.3 Å². The maximum Gasteiger partial charge on any atom is 0.282 e. The molecule has 7 nitrogen and oxygen atoms in total. The van der Waals surface area contributed by atoms with E-state index in [0.717, 1.165) is 5.39 Å². The van der Waals surface area contributed by atoms with Crippen LogP contribution >= 0.6 is 31.9 Å². The largest absolute Gasteiger partial charge is 0.490 e. The van der Waals surface area contributed by atoms with Crippen molar-refractivity contribution in [2.24, 2.45) is 5.10 Å². The minimum atomic E-state index is -0.327. The molecule has 2 aromatic heterocycles. The molecule has 184 valence electrons. The Bertz CT molecular complexity index is 1730. The van der Waals surface area contributed by atoms with Crippen LogP contribution in [0.15, 0.2) is 83.9 Å². The lowest BCUT2D eigenvalue weighted by molar-refractivity contribution is 0.297. The lowest BCUT2D eigenvalue weighted by Gasteiger charge is -2.15. The van der Waals surface area contributed by atoms with Gasteiger partial charge in [-0.2, -0.15) is 9.78 Å². The van der Waals surface area contributed by atoms with Crippen molar-refractivity contribution in [2.75, 3.05) is 13.2 Å². The summed E-state index contributed by atoms with van der Waals surface area (Å²) in [5.74, 6) is 4.11. The second-order valence-corrected chi connectivity index (χ2v) is 9.40. The van der Waals surface area contributed by atoms with Gasteiger partial charge in [-0.25, -0.2) is 4.98 Å². The minimum Gasteiger partial charge on any atom is -0.490 e. The summed E-state index contributed by atoms with van der Waals surface area (Å²) in [6, 6.07) is 18.3. The van der Waals surface area contributed by atoms with Crippen LogP contribution in [0, 0.1) is 12.3 Å². The van der Waals surface area contributed by atoms with Crippen LogP contribution < -0.4 is 15.0 Å².